The van der Waals surface area contributed by atoms with Crippen molar-refractivity contribution < 1.29 is 14.6 Å². The van der Waals surface area contributed by atoms with Gasteiger partial charge in [0, 0.05) is 0 Å². The Morgan fingerprint density at radius 1 is 1.05 bits per heavy atom. The first kappa shape index (κ1) is 16.5. The molecule has 112 valence electrons. The van der Waals surface area contributed by atoms with E-state index in [4.69, 9.17) is 9.84 Å². The maximum Gasteiger partial charge on any atom is 0.338 e. The number of phenolic OH excluding ortho intramolecular Hbond substituents is 1. The Morgan fingerprint density at radius 2 is 1.65 bits per heavy atom. The fourth-order valence-electron chi connectivity index (χ4n) is 2.03. The summed E-state index contributed by atoms with van der Waals surface area (Å²) >= 11 is 0. The molecule has 0 aromatic heterocycles. The molecule has 20 heavy (non-hydrogen) atoms. The van der Waals surface area contributed by atoms with E-state index >= 15 is 0 Å². The molecule has 0 heterocycles. The van der Waals surface area contributed by atoms with Crippen LogP contribution in [-0.4, -0.2) is 17.7 Å². The molecular formula is C17H26O3. The van der Waals surface area contributed by atoms with Gasteiger partial charge in [0.25, 0.3) is 0 Å². The van der Waals surface area contributed by atoms with Crippen LogP contribution in [0.3, 0.4) is 0 Å². The minimum atomic E-state index is -0.315. The number of ether oxygens (including phenoxy) is 1. The summed E-state index contributed by atoms with van der Waals surface area (Å²) in [6.45, 7) is 4.98. The number of benzene rings is 1. The summed E-state index contributed by atoms with van der Waals surface area (Å²) < 4.78 is 5.19. The molecule has 0 amide bonds. The smallest absolute Gasteiger partial charge is 0.338 e. The highest BCUT2D eigenvalue weighted by atomic mass is 16.5. The van der Waals surface area contributed by atoms with Crippen LogP contribution >= 0.6 is 0 Å². The highest BCUT2D eigenvalue weighted by molar-refractivity contribution is 5.89. The number of carbonyl (C=O) groups is 1. The average molecular weight is 278 g/mol. The van der Waals surface area contributed by atoms with E-state index in [0.717, 1.165) is 18.8 Å². The van der Waals surface area contributed by atoms with Crippen molar-refractivity contribution in [2.24, 2.45) is 5.92 Å². The van der Waals surface area contributed by atoms with Crippen molar-refractivity contribution in [2.75, 3.05) is 6.61 Å². The topological polar surface area (TPSA) is 46.5 Å². The summed E-state index contributed by atoms with van der Waals surface area (Å²) in [5.41, 5.74) is 0.486. The lowest BCUT2D eigenvalue weighted by Gasteiger charge is -2.06. The molecule has 0 atom stereocenters. The van der Waals surface area contributed by atoms with Gasteiger partial charge in [-0.1, -0.05) is 46.0 Å². The van der Waals surface area contributed by atoms with Crippen molar-refractivity contribution in [3.05, 3.63) is 29.8 Å². The van der Waals surface area contributed by atoms with Crippen LogP contribution in [0.25, 0.3) is 0 Å². The van der Waals surface area contributed by atoms with Crippen molar-refractivity contribution in [2.45, 2.75) is 52.4 Å². The van der Waals surface area contributed by atoms with E-state index in [0.29, 0.717) is 12.2 Å². The third kappa shape index (κ3) is 7.17. The van der Waals surface area contributed by atoms with Gasteiger partial charge < -0.3 is 9.84 Å². The Morgan fingerprint density at radius 3 is 2.30 bits per heavy atom. The van der Waals surface area contributed by atoms with Gasteiger partial charge in [0.2, 0.25) is 0 Å². The average Bonchev–Trinajstić information content (AvgIpc) is 2.42. The third-order valence-electron chi connectivity index (χ3n) is 3.26. The lowest BCUT2D eigenvalue weighted by atomic mass is 10.0. The highest BCUT2D eigenvalue weighted by Gasteiger charge is 2.06. The number of rotatable bonds is 9. The molecule has 0 radical (unpaired) electrons. The lowest BCUT2D eigenvalue weighted by Crippen LogP contribution is -2.06. The predicted molar refractivity (Wildman–Crippen MR) is 80.9 cm³/mol. The number of carbonyl (C=O) groups excluding carboxylic acids is 1. The molecule has 0 saturated carbocycles. The second-order valence-corrected chi connectivity index (χ2v) is 5.63. The number of unbranched alkanes of at least 4 members (excludes halogenated alkanes) is 4. The number of phenols is 1. The molecule has 0 fully saturated rings. The second kappa shape index (κ2) is 9.40. The van der Waals surface area contributed by atoms with E-state index in [9.17, 15) is 4.79 Å². The van der Waals surface area contributed by atoms with Crippen LogP contribution in [-0.2, 0) is 4.74 Å². The molecule has 0 aliphatic heterocycles. The van der Waals surface area contributed by atoms with E-state index in [-0.39, 0.29) is 11.7 Å². The molecule has 1 aromatic rings. The summed E-state index contributed by atoms with van der Waals surface area (Å²) in [4.78, 5) is 11.7. The highest BCUT2D eigenvalue weighted by Crippen LogP contribution is 2.12. The SMILES string of the molecule is CC(C)CCCCCCCOC(=O)c1ccc(O)cc1. The Bertz CT molecular complexity index is 382. The molecule has 0 unspecified atom stereocenters. The van der Waals surface area contributed by atoms with E-state index in [1.165, 1.54) is 37.8 Å². The summed E-state index contributed by atoms with van der Waals surface area (Å²) in [6, 6.07) is 6.13. The number of hydrogen-bond donors (Lipinski definition) is 1. The summed E-state index contributed by atoms with van der Waals surface area (Å²) in [7, 11) is 0. The molecular weight excluding hydrogens is 252 g/mol. The van der Waals surface area contributed by atoms with Crippen LogP contribution in [0, 0.1) is 5.92 Å². The molecule has 0 bridgehead atoms. The fraction of sp³-hybridized carbons (Fsp3) is 0.588. The number of aromatic hydroxyl groups is 1. The standard InChI is InChI=1S/C17H26O3/c1-14(2)8-6-4-3-5-7-13-20-17(19)15-9-11-16(18)12-10-15/h9-12,14,18H,3-8,13H2,1-2H3. The van der Waals surface area contributed by atoms with Gasteiger partial charge in [0.1, 0.15) is 5.75 Å². The molecule has 0 spiro atoms. The van der Waals surface area contributed by atoms with Crippen LogP contribution in [0.4, 0.5) is 0 Å². The van der Waals surface area contributed by atoms with Gasteiger partial charge in [-0.25, -0.2) is 4.79 Å². The van der Waals surface area contributed by atoms with Crippen molar-refractivity contribution in [1.29, 1.82) is 0 Å². The Hall–Kier alpha value is -1.51. The first-order valence-electron chi connectivity index (χ1n) is 7.55. The van der Waals surface area contributed by atoms with Crippen molar-refractivity contribution in [3.8, 4) is 5.75 Å². The largest absolute Gasteiger partial charge is 0.508 e. The summed E-state index contributed by atoms with van der Waals surface area (Å²) in [5, 5.41) is 9.14. The molecule has 0 aliphatic carbocycles. The molecule has 1 rings (SSSR count). The van der Waals surface area contributed by atoms with Crippen LogP contribution < -0.4 is 0 Å². The van der Waals surface area contributed by atoms with E-state index < -0.39 is 0 Å². The van der Waals surface area contributed by atoms with Crippen LogP contribution in [0.15, 0.2) is 24.3 Å². The van der Waals surface area contributed by atoms with Gasteiger partial charge in [-0.2, -0.15) is 0 Å². The van der Waals surface area contributed by atoms with Crippen LogP contribution in [0.2, 0.25) is 0 Å². The van der Waals surface area contributed by atoms with Crippen molar-refractivity contribution in [1.82, 2.24) is 0 Å². The summed E-state index contributed by atoms with van der Waals surface area (Å²) in [5.74, 6) is 0.633. The van der Waals surface area contributed by atoms with Gasteiger partial charge >= 0.3 is 5.97 Å². The molecule has 1 aromatic carbocycles. The van der Waals surface area contributed by atoms with Crippen molar-refractivity contribution in [3.63, 3.8) is 0 Å². The lowest BCUT2D eigenvalue weighted by molar-refractivity contribution is 0.0497. The van der Waals surface area contributed by atoms with Crippen LogP contribution in [0.5, 0.6) is 5.75 Å². The predicted octanol–water partition coefficient (Wildman–Crippen LogP) is 4.55. The second-order valence-electron chi connectivity index (χ2n) is 5.63. The van der Waals surface area contributed by atoms with Crippen LogP contribution in [0.1, 0.15) is 62.7 Å². The fourth-order valence-corrected chi connectivity index (χ4v) is 2.03. The first-order chi connectivity index (χ1) is 9.59. The molecule has 1 N–H and O–H groups in total. The Labute approximate surface area is 122 Å². The zero-order chi connectivity index (χ0) is 14.8. The molecule has 0 saturated heterocycles. The molecule has 3 nitrogen and oxygen atoms in total. The van der Waals surface area contributed by atoms with E-state index in [1.54, 1.807) is 12.1 Å². The zero-order valence-electron chi connectivity index (χ0n) is 12.6. The van der Waals surface area contributed by atoms with E-state index in [1.807, 2.05) is 0 Å². The minimum absolute atomic E-state index is 0.156. The van der Waals surface area contributed by atoms with Gasteiger partial charge in [0.05, 0.1) is 12.2 Å². The first-order valence-corrected chi connectivity index (χ1v) is 7.55. The number of hydrogen-bond acceptors (Lipinski definition) is 3. The van der Waals surface area contributed by atoms with Gasteiger partial charge in [-0.15, -0.1) is 0 Å². The maximum absolute atomic E-state index is 11.7. The quantitative estimate of drug-likeness (QED) is 0.532. The van der Waals surface area contributed by atoms with Gasteiger partial charge in [-0.3, -0.25) is 0 Å². The summed E-state index contributed by atoms with van der Waals surface area (Å²) in [6.07, 6.45) is 7.11. The maximum atomic E-state index is 11.7. The van der Waals surface area contributed by atoms with E-state index in [2.05, 4.69) is 13.8 Å². The molecule has 3 heteroatoms. The van der Waals surface area contributed by atoms with Gasteiger partial charge in [0.15, 0.2) is 0 Å². The molecule has 0 aliphatic rings. The monoisotopic (exact) mass is 278 g/mol. The van der Waals surface area contributed by atoms with Crippen molar-refractivity contribution >= 4 is 5.97 Å². The minimum Gasteiger partial charge on any atom is -0.508 e. The normalized spacial score (nSPS) is 10.8. The zero-order valence-corrected chi connectivity index (χ0v) is 12.6. The Balaban J connectivity index is 2.04. The van der Waals surface area contributed by atoms with Gasteiger partial charge in [-0.05, 0) is 36.6 Å². The Kier molecular flexibility index (Phi) is 7.78. The number of esters is 1. The third-order valence-corrected chi connectivity index (χ3v) is 3.26.